The van der Waals surface area contributed by atoms with Gasteiger partial charge in [-0.05, 0) is 44.1 Å². The van der Waals surface area contributed by atoms with E-state index in [1.165, 1.54) is 19.3 Å². The van der Waals surface area contributed by atoms with Crippen LogP contribution in [0.5, 0.6) is 0 Å². The Hall–Kier alpha value is -0.610. The van der Waals surface area contributed by atoms with Crippen LogP contribution in [0.3, 0.4) is 0 Å². The molecule has 2 atom stereocenters. The largest absolute Gasteiger partial charge is 0.481 e. The van der Waals surface area contributed by atoms with Gasteiger partial charge in [0.15, 0.2) is 0 Å². The van der Waals surface area contributed by atoms with E-state index in [9.17, 15) is 9.90 Å². The second-order valence-corrected chi connectivity index (χ2v) is 7.12. The summed E-state index contributed by atoms with van der Waals surface area (Å²) in [6.07, 6.45) is 5.97. The maximum absolute atomic E-state index is 11.3. The van der Waals surface area contributed by atoms with E-state index in [2.05, 4.69) is 24.1 Å². The van der Waals surface area contributed by atoms with E-state index >= 15 is 0 Å². The molecule has 0 amide bonds. The van der Waals surface area contributed by atoms with Crippen LogP contribution < -0.4 is 5.32 Å². The SMILES string of the molecule is CC(C)CCNC1CC(C(=O)O)CN(CC2CCC2)C1. The molecule has 0 aromatic heterocycles. The quantitative estimate of drug-likeness (QED) is 0.751. The van der Waals surface area contributed by atoms with Crippen LogP contribution >= 0.6 is 0 Å². The molecule has 0 aromatic carbocycles. The van der Waals surface area contributed by atoms with Crippen LogP contribution in [-0.2, 0) is 4.79 Å². The molecule has 1 aliphatic carbocycles. The lowest BCUT2D eigenvalue weighted by Gasteiger charge is -2.40. The standard InChI is InChI=1S/C16H30N2O2/c1-12(2)6-7-17-15-8-14(16(19)20)10-18(11-15)9-13-4-3-5-13/h12-15,17H,3-11H2,1-2H3,(H,19,20). The molecule has 4 heteroatoms. The summed E-state index contributed by atoms with van der Waals surface area (Å²) in [4.78, 5) is 13.7. The van der Waals surface area contributed by atoms with Crippen LogP contribution in [0.4, 0.5) is 0 Å². The van der Waals surface area contributed by atoms with Gasteiger partial charge in [0.25, 0.3) is 0 Å². The van der Waals surface area contributed by atoms with Crippen molar-refractivity contribution in [2.45, 2.75) is 52.0 Å². The van der Waals surface area contributed by atoms with Gasteiger partial charge in [-0.1, -0.05) is 20.3 Å². The van der Waals surface area contributed by atoms with Crippen LogP contribution in [0.25, 0.3) is 0 Å². The van der Waals surface area contributed by atoms with E-state index in [1.54, 1.807) is 0 Å². The summed E-state index contributed by atoms with van der Waals surface area (Å²) >= 11 is 0. The highest BCUT2D eigenvalue weighted by Gasteiger charge is 2.33. The Morgan fingerprint density at radius 3 is 2.65 bits per heavy atom. The molecule has 116 valence electrons. The van der Waals surface area contributed by atoms with E-state index in [1.807, 2.05) is 0 Å². The summed E-state index contributed by atoms with van der Waals surface area (Å²) in [7, 11) is 0. The highest BCUT2D eigenvalue weighted by molar-refractivity contribution is 5.70. The van der Waals surface area contributed by atoms with Gasteiger partial charge in [0.1, 0.15) is 0 Å². The average Bonchev–Trinajstić information content (AvgIpc) is 2.33. The molecule has 1 aliphatic heterocycles. The van der Waals surface area contributed by atoms with Crippen LogP contribution in [0, 0.1) is 17.8 Å². The molecule has 1 heterocycles. The predicted octanol–water partition coefficient (Wildman–Crippen LogP) is 2.20. The second-order valence-electron chi connectivity index (χ2n) is 7.12. The molecule has 0 spiro atoms. The maximum Gasteiger partial charge on any atom is 0.307 e. The molecule has 1 saturated carbocycles. The van der Waals surface area contributed by atoms with Crippen LogP contribution in [0.1, 0.15) is 46.0 Å². The Morgan fingerprint density at radius 2 is 2.10 bits per heavy atom. The number of likely N-dealkylation sites (tertiary alicyclic amines) is 1. The number of hydrogen-bond acceptors (Lipinski definition) is 3. The molecule has 2 fully saturated rings. The Morgan fingerprint density at radius 1 is 1.35 bits per heavy atom. The van der Waals surface area contributed by atoms with Crippen molar-refractivity contribution in [2.24, 2.45) is 17.8 Å². The van der Waals surface area contributed by atoms with Gasteiger partial charge in [-0.25, -0.2) is 0 Å². The van der Waals surface area contributed by atoms with Gasteiger partial charge >= 0.3 is 5.97 Å². The summed E-state index contributed by atoms with van der Waals surface area (Å²) in [6, 6.07) is 0.351. The smallest absolute Gasteiger partial charge is 0.307 e. The molecular formula is C16H30N2O2. The van der Waals surface area contributed by atoms with Crippen molar-refractivity contribution >= 4 is 5.97 Å². The minimum absolute atomic E-state index is 0.194. The number of piperidine rings is 1. The van der Waals surface area contributed by atoms with Crippen molar-refractivity contribution in [3.63, 3.8) is 0 Å². The van der Waals surface area contributed by atoms with Crippen molar-refractivity contribution in [1.29, 1.82) is 0 Å². The van der Waals surface area contributed by atoms with Gasteiger partial charge in [0.05, 0.1) is 5.92 Å². The molecular weight excluding hydrogens is 252 g/mol. The normalized spacial score (nSPS) is 28.6. The molecule has 0 radical (unpaired) electrons. The highest BCUT2D eigenvalue weighted by atomic mass is 16.4. The van der Waals surface area contributed by atoms with Crippen LogP contribution in [0.2, 0.25) is 0 Å². The van der Waals surface area contributed by atoms with E-state index in [0.29, 0.717) is 12.0 Å². The van der Waals surface area contributed by atoms with Crippen molar-refractivity contribution in [2.75, 3.05) is 26.2 Å². The first-order valence-electron chi connectivity index (χ1n) is 8.23. The Balaban J connectivity index is 1.81. The van der Waals surface area contributed by atoms with Crippen LogP contribution in [0.15, 0.2) is 0 Å². The van der Waals surface area contributed by atoms with E-state index in [0.717, 1.165) is 44.9 Å². The summed E-state index contributed by atoms with van der Waals surface area (Å²) in [5, 5.41) is 12.9. The monoisotopic (exact) mass is 282 g/mol. The Kier molecular flexibility index (Phi) is 5.85. The molecule has 2 N–H and O–H groups in total. The van der Waals surface area contributed by atoms with Crippen molar-refractivity contribution < 1.29 is 9.90 Å². The molecule has 0 bridgehead atoms. The van der Waals surface area contributed by atoms with E-state index in [-0.39, 0.29) is 5.92 Å². The molecule has 2 rings (SSSR count). The number of hydrogen-bond donors (Lipinski definition) is 2. The lowest BCUT2D eigenvalue weighted by atomic mass is 9.84. The minimum atomic E-state index is -0.626. The minimum Gasteiger partial charge on any atom is -0.481 e. The third kappa shape index (κ3) is 4.74. The molecule has 1 saturated heterocycles. The summed E-state index contributed by atoms with van der Waals surface area (Å²) in [6.45, 7) is 8.33. The van der Waals surface area contributed by atoms with Gasteiger partial charge < -0.3 is 15.3 Å². The van der Waals surface area contributed by atoms with Gasteiger partial charge in [-0.3, -0.25) is 4.79 Å². The number of carboxylic acids is 1. The van der Waals surface area contributed by atoms with Crippen molar-refractivity contribution in [1.82, 2.24) is 10.2 Å². The average molecular weight is 282 g/mol. The first kappa shape index (κ1) is 15.8. The predicted molar refractivity (Wildman–Crippen MR) is 80.8 cm³/mol. The molecule has 2 unspecified atom stereocenters. The fraction of sp³-hybridized carbons (Fsp3) is 0.938. The van der Waals surface area contributed by atoms with Gasteiger partial charge in [-0.2, -0.15) is 0 Å². The van der Waals surface area contributed by atoms with E-state index in [4.69, 9.17) is 0 Å². The summed E-state index contributed by atoms with van der Waals surface area (Å²) < 4.78 is 0. The third-order valence-corrected chi connectivity index (χ3v) is 4.77. The van der Waals surface area contributed by atoms with Gasteiger partial charge in [-0.15, -0.1) is 0 Å². The lowest BCUT2D eigenvalue weighted by Crippen LogP contribution is -2.52. The third-order valence-electron chi connectivity index (χ3n) is 4.77. The molecule has 4 nitrogen and oxygen atoms in total. The number of carboxylic acid groups (broad SMARTS) is 1. The van der Waals surface area contributed by atoms with Crippen molar-refractivity contribution in [3.05, 3.63) is 0 Å². The van der Waals surface area contributed by atoms with Gasteiger partial charge in [0.2, 0.25) is 0 Å². The van der Waals surface area contributed by atoms with E-state index < -0.39 is 5.97 Å². The number of nitrogens with one attached hydrogen (secondary N) is 1. The number of aliphatic carboxylic acids is 1. The lowest BCUT2D eigenvalue weighted by molar-refractivity contribution is -0.144. The number of rotatable bonds is 7. The summed E-state index contributed by atoms with van der Waals surface area (Å²) in [5.41, 5.74) is 0. The Bertz CT molecular complexity index is 316. The topological polar surface area (TPSA) is 52.6 Å². The first-order valence-corrected chi connectivity index (χ1v) is 8.23. The maximum atomic E-state index is 11.3. The zero-order chi connectivity index (χ0) is 14.5. The fourth-order valence-electron chi connectivity index (χ4n) is 3.28. The van der Waals surface area contributed by atoms with Crippen LogP contribution in [-0.4, -0.2) is 48.2 Å². The zero-order valence-electron chi connectivity index (χ0n) is 13.0. The number of nitrogens with zero attached hydrogens (tertiary/aromatic N) is 1. The highest BCUT2D eigenvalue weighted by Crippen LogP contribution is 2.29. The fourth-order valence-corrected chi connectivity index (χ4v) is 3.28. The first-order chi connectivity index (χ1) is 9.54. The van der Waals surface area contributed by atoms with Crippen molar-refractivity contribution in [3.8, 4) is 0 Å². The molecule has 0 aromatic rings. The number of carbonyl (C=O) groups is 1. The molecule has 2 aliphatic rings. The molecule has 20 heavy (non-hydrogen) atoms. The van der Waals surface area contributed by atoms with Gasteiger partial charge in [0, 0.05) is 25.7 Å². The summed E-state index contributed by atoms with van der Waals surface area (Å²) in [5.74, 6) is 0.700. The second kappa shape index (κ2) is 7.41. The Labute approximate surface area is 122 Å². The zero-order valence-corrected chi connectivity index (χ0v) is 13.0.